The first-order valence-corrected chi connectivity index (χ1v) is 11.8. The molecule has 0 radical (unpaired) electrons. The second kappa shape index (κ2) is 6.72. The number of carbonyl (C=O) groups is 1. The van der Waals surface area contributed by atoms with Crippen LogP contribution in [0.4, 0.5) is 0 Å². The standard InChI is InChI=1S/C25H37NO2/c1-24-10-8-19(27)15-18(24)6-7-20-21(24)9-11-25(2)22(20)14-17(23(25)28)16-26-12-4-3-5-13-26/h6,16,19-22,27H,3-5,7-15H2,1-2H3/b17-16-/t19-,20-,21+,22+,24+,25+/m1/s1. The van der Waals surface area contributed by atoms with E-state index in [0.29, 0.717) is 23.5 Å². The van der Waals surface area contributed by atoms with Crippen molar-refractivity contribution in [1.29, 1.82) is 0 Å². The highest BCUT2D eigenvalue weighted by Crippen LogP contribution is 2.64. The Balaban J connectivity index is 1.43. The summed E-state index contributed by atoms with van der Waals surface area (Å²) in [6.45, 7) is 6.98. The Morgan fingerprint density at radius 3 is 2.57 bits per heavy atom. The van der Waals surface area contributed by atoms with E-state index in [4.69, 9.17) is 0 Å². The van der Waals surface area contributed by atoms with Crippen LogP contribution in [-0.4, -0.2) is 35.0 Å². The largest absolute Gasteiger partial charge is 0.393 e. The number of nitrogens with zero attached hydrogens (tertiary/aromatic N) is 1. The number of aliphatic hydroxyl groups excluding tert-OH is 1. The predicted molar refractivity (Wildman–Crippen MR) is 112 cm³/mol. The molecule has 0 aromatic carbocycles. The van der Waals surface area contributed by atoms with Gasteiger partial charge in [0, 0.05) is 30.3 Å². The third-order valence-electron chi connectivity index (χ3n) is 9.45. The number of carbonyl (C=O) groups excluding carboxylic acids is 1. The Morgan fingerprint density at radius 2 is 1.79 bits per heavy atom. The number of Topliss-reactive ketones (excluding diaryl/α,β-unsaturated/α-hetero) is 1. The van der Waals surface area contributed by atoms with Gasteiger partial charge in [-0.25, -0.2) is 0 Å². The number of piperidine rings is 1. The quantitative estimate of drug-likeness (QED) is 0.519. The average molecular weight is 384 g/mol. The monoisotopic (exact) mass is 383 g/mol. The van der Waals surface area contributed by atoms with E-state index < -0.39 is 0 Å². The van der Waals surface area contributed by atoms with E-state index >= 15 is 0 Å². The molecule has 0 bridgehead atoms. The van der Waals surface area contributed by atoms with Crippen LogP contribution in [0.5, 0.6) is 0 Å². The Bertz CT molecular complexity index is 718. The molecule has 3 saturated carbocycles. The molecule has 3 heteroatoms. The molecule has 0 unspecified atom stereocenters. The maximum Gasteiger partial charge on any atom is 0.166 e. The lowest BCUT2D eigenvalue weighted by Crippen LogP contribution is -2.50. The summed E-state index contributed by atoms with van der Waals surface area (Å²) in [4.78, 5) is 15.9. The van der Waals surface area contributed by atoms with Gasteiger partial charge in [0.15, 0.2) is 5.78 Å². The van der Waals surface area contributed by atoms with Gasteiger partial charge in [0.2, 0.25) is 0 Å². The zero-order valence-electron chi connectivity index (χ0n) is 17.8. The number of ketones is 1. The summed E-state index contributed by atoms with van der Waals surface area (Å²) in [5.41, 5.74) is 2.75. The molecule has 1 saturated heterocycles. The summed E-state index contributed by atoms with van der Waals surface area (Å²) in [6.07, 6.45) is 15.7. The lowest BCUT2D eigenvalue weighted by molar-refractivity contribution is -0.130. The Morgan fingerprint density at radius 1 is 1.04 bits per heavy atom. The van der Waals surface area contributed by atoms with Crippen molar-refractivity contribution in [3.63, 3.8) is 0 Å². The van der Waals surface area contributed by atoms with Crippen molar-refractivity contribution in [2.75, 3.05) is 13.1 Å². The number of fused-ring (bicyclic) bond motifs is 5. The summed E-state index contributed by atoms with van der Waals surface area (Å²) in [5.74, 6) is 2.30. The molecule has 6 atom stereocenters. The smallest absolute Gasteiger partial charge is 0.166 e. The normalized spacial score (nSPS) is 47.4. The van der Waals surface area contributed by atoms with Crippen LogP contribution in [0.25, 0.3) is 0 Å². The van der Waals surface area contributed by atoms with Gasteiger partial charge in [-0.15, -0.1) is 0 Å². The lowest BCUT2D eigenvalue weighted by Gasteiger charge is -2.56. The van der Waals surface area contributed by atoms with Crippen LogP contribution in [0.1, 0.15) is 78.1 Å². The Hall–Kier alpha value is -1.09. The van der Waals surface area contributed by atoms with E-state index in [2.05, 4.69) is 31.0 Å². The molecule has 0 aromatic heterocycles. The molecule has 1 N–H and O–H groups in total. The molecule has 5 aliphatic rings. The van der Waals surface area contributed by atoms with Gasteiger partial charge in [0.05, 0.1) is 6.10 Å². The molecule has 0 spiro atoms. The van der Waals surface area contributed by atoms with Crippen LogP contribution in [0.15, 0.2) is 23.4 Å². The molecular formula is C25H37NO2. The first kappa shape index (κ1) is 18.9. The average Bonchev–Trinajstić information content (AvgIpc) is 2.94. The molecule has 1 aliphatic heterocycles. The van der Waals surface area contributed by atoms with Crippen LogP contribution in [-0.2, 0) is 4.79 Å². The highest BCUT2D eigenvalue weighted by atomic mass is 16.3. The van der Waals surface area contributed by atoms with Crippen LogP contribution >= 0.6 is 0 Å². The molecular weight excluding hydrogens is 346 g/mol. The number of rotatable bonds is 1. The van der Waals surface area contributed by atoms with E-state index in [1.807, 2.05) is 0 Å². The van der Waals surface area contributed by atoms with Crippen molar-refractivity contribution in [3.8, 4) is 0 Å². The molecule has 154 valence electrons. The van der Waals surface area contributed by atoms with Crippen molar-refractivity contribution >= 4 is 5.78 Å². The van der Waals surface area contributed by atoms with Crippen molar-refractivity contribution in [2.45, 2.75) is 84.2 Å². The second-order valence-electron chi connectivity index (χ2n) is 10.9. The molecule has 1 heterocycles. The van der Waals surface area contributed by atoms with Crippen LogP contribution in [0.2, 0.25) is 0 Å². The molecule has 3 nitrogen and oxygen atoms in total. The molecule has 5 rings (SSSR count). The molecule has 4 fully saturated rings. The fraction of sp³-hybridized carbons (Fsp3) is 0.800. The van der Waals surface area contributed by atoms with E-state index in [9.17, 15) is 9.90 Å². The summed E-state index contributed by atoms with van der Waals surface area (Å²) >= 11 is 0. The lowest BCUT2D eigenvalue weighted by atomic mass is 9.48. The van der Waals surface area contributed by atoms with E-state index in [1.54, 1.807) is 0 Å². The van der Waals surface area contributed by atoms with Gasteiger partial charge < -0.3 is 10.0 Å². The van der Waals surface area contributed by atoms with Crippen LogP contribution < -0.4 is 0 Å². The van der Waals surface area contributed by atoms with E-state index in [1.165, 1.54) is 31.3 Å². The van der Waals surface area contributed by atoms with E-state index in [-0.39, 0.29) is 16.9 Å². The first-order valence-electron chi connectivity index (χ1n) is 11.8. The molecule has 28 heavy (non-hydrogen) atoms. The SMILES string of the molecule is C[C@]12CC[C@@H](O)CC1=CC[C@@H]1[C@@H]2CC[C@]2(C)C(=O)/C(=C\N3CCCCC3)C[C@@H]12. The van der Waals surface area contributed by atoms with Crippen molar-refractivity contribution in [1.82, 2.24) is 4.90 Å². The van der Waals surface area contributed by atoms with Crippen LogP contribution in [0.3, 0.4) is 0 Å². The number of hydrogen-bond acceptors (Lipinski definition) is 3. The zero-order chi connectivity index (χ0) is 19.5. The van der Waals surface area contributed by atoms with E-state index in [0.717, 1.165) is 57.2 Å². The number of likely N-dealkylation sites (tertiary alicyclic amines) is 1. The van der Waals surface area contributed by atoms with Gasteiger partial charge in [-0.1, -0.05) is 25.5 Å². The fourth-order valence-corrected chi connectivity index (χ4v) is 7.70. The van der Waals surface area contributed by atoms with Crippen molar-refractivity contribution in [3.05, 3.63) is 23.4 Å². The maximum atomic E-state index is 13.5. The van der Waals surface area contributed by atoms with Gasteiger partial charge >= 0.3 is 0 Å². The highest BCUT2D eigenvalue weighted by molar-refractivity contribution is 6.02. The summed E-state index contributed by atoms with van der Waals surface area (Å²) < 4.78 is 0. The number of allylic oxidation sites excluding steroid dienone is 2. The zero-order valence-corrected chi connectivity index (χ0v) is 17.8. The predicted octanol–water partition coefficient (Wildman–Crippen LogP) is 4.86. The third kappa shape index (κ3) is 2.75. The maximum absolute atomic E-state index is 13.5. The number of hydrogen-bond donors (Lipinski definition) is 1. The first-order chi connectivity index (χ1) is 13.4. The number of aliphatic hydroxyl groups is 1. The molecule has 0 amide bonds. The van der Waals surface area contributed by atoms with Crippen molar-refractivity contribution in [2.24, 2.45) is 28.6 Å². The topological polar surface area (TPSA) is 40.5 Å². The minimum atomic E-state index is -0.142. The van der Waals surface area contributed by atoms with Crippen LogP contribution in [0, 0.1) is 28.6 Å². The van der Waals surface area contributed by atoms with Gasteiger partial charge in [-0.2, -0.15) is 0 Å². The molecule has 0 aromatic rings. The van der Waals surface area contributed by atoms with Crippen molar-refractivity contribution < 1.29 is 9.90 Å². The van der Waals surface area contributed by atoms with Gasteiger partial charge in [0.1, 0.15) is 0 Å². The summed E-state index contributed by atoms with van der Waals surface area (Å²) in [6, 6.07) is 0. The van der Waals surface area contributed by atoms with Gasteiger partial charge in [-0.05, 0) is 87.4 Å². The fourth-order valence-electron chi connectivity index (χ4n) is 7.70. The summed E-state index contributed by atoms with van der Waals surface area (Å²) in [5, 5.41) is 10.2. The molecule has 4 aliphatic carbocycles. The minimum Gasteiger partial charge on any atom is -0.393 e. The second-order valence-corrected chi connectivity index (χ2v) is 10.9. The third-order valence-corrected chi connectivity index (χ3v) is 9.45. The van der Waals surface area contributed by atoms with Gasteiger partial charge in [-0.3, -0.25) is 4.79 Å². The minimum absolute atomic E-state index is 0.140. The summed E-state index contributed by atoms with van der Waals surface area (Å²) in [7, 11) is 0. The Kier molecular flexibility index (Phi) is 4.54. The van der Waals surface area contributed by atoms with Gasteiger partial charge in [0.25, 0.3) is 0 Å². The highest BCUT2D eigenvalue weighted by Gasteiger charge is 2.59. The Labute approximate surface area is 170 Å².